The third-order valence-corrected chi connectivity index (χ3v) is 15.5. The van der Waals surface area contributed by atoms with Crippen LogP contribution in [0.4, 0.5) is 0 Å². The molecule has 0 aromatic rings. The minimum atomic E-state index is -1.83. The molecule has 0 aliphatic carbocycles. The summed E-state index contributed by atoms with van der Waals surface area (Å²) >= 11 is 0. The van der Waals surface area contributed by atoms with Gasteiger partial charge in [-0.2, -0.15) is 0 Å². The lowest BCUT2D eigenvalue weighted by atomic mass is 9.93. The Morgan fingerprint density at radius 1 is 0.446 bits per heavy atom. The zero-order valence-electron chi connectivity index (χ0n) is 54.2. The standard InChI is InChI=1S/C59H105N11O13/c1-24-40-55(79)64(17)29-45(72)65(18)41(25-31(2)3)52(76)63-46(35(10)11)58(82)66(19)42(26-32(4)5)51(75)60-38(15)50(74)61-39(16)54(78)67(20)43(27-33(6)7)56(80)68(21)44(28-34(8)9)57(81)69(22)47(36(12)13)59(83)70(23)48(53(77)62-40)49(73)37(14)30-71/h30-44,46-49,73H,24-29H2,1-23H3,(H,60,75)(H,61,74)(H,62,77)(H,63,76)/t37-,38-,39+,40-,41-,42-,43-,44-,46-,47-,48?,49+/m0/s1. The van der Waals surface area contributed by atoms with Gasteiger partial charge in [0.2, 0.25) is 65.0 Å². The summed E-state index contributed by atoms with van der Waals surface area (Å²) in [5.41, 5.74) is 0. The fraction of sp³-hybridized carbons (Fsp3) is 0.797. The van der Waals surface area contributed by atoms with Crippen LogP contribution in [0, 0.1) is 41.4 Å². The van der Waals surface area contributed by atoms with Gasteiger partial charge in [0.05, 0.1) is 12.6 Å². The van der Waals surface area contributed by atoms with E-state index in [1.807, 2.05) is 55.4 Å². The van der Waals surface area contributed by atoms with Crippen molar-refractivity contribution in [1.82, 2.24) is 55.6 Å². The predicted molar refractivity (Wildman–Crippen MR) is 315 cm³/mol. The van der Waals surface area contributed by atoms with Gasteiger partial charge < -0.3 is 65.5 Å². The zero-order valence-corrected chi connectivity index (χ0v) is 54.2. The topological polar surface area (TPSA) is 296 Å². The monoisotopic (exact) mass is 1180 g/mol. The molecule has 11 amide bonds. The molecule has 0 saturated carbocycles. The van der Waals surface area contributed by atoms with E-state index < -0.39 is 156 Å². The van der Waals surface area contributed by atoms with Crippen molar-refractivity contribution < 1.29 is 62.6 Å². The van der Waals surface area contributed by atoms with E-state index in [0.717, 1.165) is 9.80 Å². The van der Waals surface area contributed by atoms with Crippen molar-refractivity contribution in [2.75, 3.05) is 55.9 Å². The van der Waals surface area contributed by atoms with Gasteiger partial charge in [-0.05, 0) is 81.5 Å². The normalized spacial score (nSPS) is 27.1. The number of carbonyl (C=O) groups is 12. The van der Waals surface area contributed by atoms with Gasteiger partial charge >= 0.3 is 0 Å². The Balaban J connectivity index is 4.28. The smallest absolute Gasteiger partial charge is 0.246 e. The van der Waals surface area contributed by atoms with Crippen LogP contribution >= 0.6 is 0 Å². The number of amides is 11. The average Bonchev–Trinajstić information content (AvgIpc) is 3.51. The van der Waals surface area contributed by atoms with Crippen LogP contribution in [0.25, 0.3) is 0 Å². The molecule has 83 heavy (non-hydrogen) atoms. The minimum Gasteiger partial charge on any atom is -0.390 e. The number of aldehydes is 1. The number of rotatable bonds is 14. The highest BCUT2D eigenvalue weighted by atomic mass is 16.3. The van der Waals surface area contributed by atoms with Crippen LogP contribution in [0.15, 0.2) is 0 Å². The number of aliphatic hydroxyl groups is 1. The molecule has 24 nitrogen and oxygen atoms in total. The quantitative estimate of drug-likeness (QED) is 0.154. The van der Waals surface area contributed by atoms with Crippen molar-refractivity contribution in [3.63, 3.8) is 0 Å². The van der Waals surface area contributed by atoms with Crippen LogP contribution in [0.2, 0.25) is 0 Å². The summed E-state index contributed by atoms with van der Waals surface area (Å²) in [6.07, 6.45) is -0.923. The first-order valence-corrected chi connectivity index (χ1v) is 29.4. The van der Waals surface area contributed by atoms with Gasteiger partial charge in [-0.25, -0.2) is 0 Å². The highest BCUT2D eigenvalue weighted by Gasteiger charge is 2.46. The number of carbonyl (C=O) groups excluding carboxylic acids is 12. The fourth-order valence-electron chi connectivity index (χ4n) is 10.2. The first kappa shape index (κ1) is 74.8. The largest absolute Gasteiger partial charge is 0.390 e. The van der Waals surface area contributed by atoms with Crippen LogP contribution in [0.5, 0.6) is 0 Å². The van der Waals surface area contributed by atoms with E-state index in [0.29, 0.717) is 6.29 Å². The van der Waals surface area contributed by atoms with Gasteiger partial charge in [0.1, 0.15) is 66.7 Å². The second kappa shape index (κ2) is 33.3. The number of nitrogens with one attached hydrogen (secondary N) is 4. The fourth-order valence-corrected chi connectivity index (χ4v) is 10.2. The molecule has 1 rings (SSSR count). The molecule has 1 fully saturated rings. The van der Waals surface area contributed by atoms with E-state index in [9.17, 15) is 62.6 Å². The number of hydrogen-bond donors (Lipinski definition) is 5. The molecule has 0 spiro atoms. The Bertz CT molecular complexity index is 2280. The zero-order chi connectivity index (χ0) is 64.6. The van der Waals surface area contributed by atoms with Crippen LogP contribution in [0.1, 0.15) is 143 Å². The first-order valence-electron chi connectivity index (χ1n) is 29.4. The van der Waals surface area contributed by atoms with E-state index in [1.165, 1.54) is 94.6 Å². The molecule has 474 valence electrons. The Morgan fingerprint density at radius 3 is 1.28 bits per heavy atom. The molecule has 1 aliphatic heterocycles. The van der Waals surface area contributed by atoms with Crippen molar-refractivity contribution in [2.45, 2.75) is 209 Å². The molecule has 1 unspecified atom stereocenters. The Kier molecular flexibility index (Phi) is 30.0. The molecule has 1 heterocycles. The SMILES string of the molecule is CC[C@@H]1NC(=O)C([C@H](O)[C@@H](C)C=O)N(C)C(=O)[C@H](C(C)C)N(C)C(=O)[C@H](CC(C)C)N(C)C(=O)[C@H](CC(C)C)N(C)C(=O)[C@@H](C)NC(=O)[C@H](C)NC(=O)[C@H](CC(C)C)N(C)C(=O)[C@H](C(C)C)NC(=O)[C@H](CC(C)C)N(C)C(=O)CN(C)C1=O. The first-order chi connectivity index (χ1) is 38.2. The molecule has 1 aliphatic rings. The molecular weight excluding hydrogens is 1070 g/mol. The number of hydrogen-bond acceptors (Lipinski definition) is 13. The van der Waals surface area contributed by atoms with Gasteiger partial charge in [0.15, 0.2) is 0 Å². The highest BCUT2D eigenvalue weighted by molar-refractivity contribution is 5.99. The Labute approximate surface area is 494 Å². The average molecular weight is 1180 g/mol. The van der Waals surface area contributed by atoms with E-state index in [4.69, 9.17) is 0 Å². The van der Waals surface area contributed by atoms with Crippen molar-refractivity contribution in [2.24, 2.45) is 41.4 Å². The second-order valence-electron chi connectivity index (χ2n) is 25.3. The maximum absolute atomic E-state index is 15.0. The van der Waals surface area contributed by atoms with Crippen molar-refractivity contribution in [3.05, 3.63) is 0 Å². The van der Waals surface area contributed by atoms with Gasteiger partial charge in [-0.15, -0.1) is 0 Å². The van der Waals surface area contributed by atoms with Crippen LogP contribution in [-0.4, -0.2) is 233 Å². The summed E-state index contributed by atoms with van der Waals surface area (Å²) in [7, 11) is 9.60. The molecular formula is C59H105N11O13. The maximum Gasteiger partial charge on any atom is 0.246 e. The summed E-state index contributed by atoms with van der Waals surface area (Å²) in [6, 6.07) is -12.8. The second-order valence-corrected chi connectivity index (χ2v) is 25.3. The molecule has 0 aromatic carbocycles. The number of aliphatic hydroxyl groups excluding tert-OH is 1. The lowest BCUT2D eigenvalue weighted by molar-refractivity contribution is -0.157. The summed E-state index contributed by atoms with van der Waals surface area (Å²) < 4.78 is 0. The lowest BCUT2D eigenvalue weighted by Crippen LogP contribution is -2.63. The minimum absolute atomic E-state index is 0.0375. The van der Waals surface area contributed by atoms with Gasteiger partial charge in [0.25, 0.3) is 0 Å². The summed E-state index contributed by atoms with van der Waals surface area (Å²) in [6.45, 7) is 26.7. The van der Waals surface area contributed by atoms with E-state index in [-0.39, 0.29) is 55.8 Å². The van der Waals surface area contributed by atoms with Crippen LogP contribution in [0.3, 0.4) is 0 Å². The Morgan fingerprint density at radius 2 is 0.843 bits per heavy atom. The van der Waals surface area contributed by atoms with Crippen molar-refractivity contribution in [1.29, 1.82) is 0 Å². The lowest BCUT2D eigenvalue weighted by Gasteiger charge is -2.41. The van der Waals surface area contributed by atoms with E-state index in [1.54, 1.807) is 34.6 Å². The van der Waals surface area contributed by atoms with E-state index >= 15 is 0 Å². The molecule has 1 saturated heterocycles. The highest BCUT2D eigenvalue weighted by Crippen LogP contribution is 2.25. The van der Waals surface area contributed by atoms with Gasteiger partial charge in [0, 0.05) is 55.3 Å². The number of nitrogens with zero attached hydrogens (tertiary/aromatic N) is 7. The third kappa shape index (κ3) is 20.5. The Hall–Kier alpha value is -6.20. The van der Waals surface area contributed by atoms with Crippen molar-refractivity contribution >= 4 is 71.3 Å². The molecule has 5 N–H and O–H groups in total. The maximum atomic E-state index is 15.0. The van der Waals surface area contributed by atoms with Crippen LogP contribution in [-0.2, 0) is 57.5 Å². The molecule has 0 radical (unpaired) electrons. The molecule has 12 atom stereocenters. The van der Waals surface area contributed by atoms with E-state index in [2.05, 4.69) is 21.3 Å². The summed E-state index contributed by atoms with van der Waals surface area (Å²) in [5.74, 6) is -11.0. The van der Waals surface area contributed by atoms with Gasteiger partial charge in [-0.1, -0.05) is 96.9 Å². The van der Waals surface area contributed by atoms with Crippen LogP contribution < -0.4 is 21.3 Å². The van der Waals surface area contributed by atoms with Gasteiger partial charge in [-0.3, -0.25) is 52.7 Å². The predicted octanol–water partition coefficient (Wildman–Crippen LogP) is 1.50. The molecule has 0 bridgehead atoms. The third-order valence-electron chi connectivity index (χ3n) is 15.5. The number of likely N-dealkylation sites (N-methyl/N-ethyl adjacent to an activating group) is 7. The summed E-state index contributed by atoms with van der Waals surface area (Å²) in [5, 5.41) is 22.5. The van der Waals surface area contributed by atoms with Crippen molar-refractivity contribution in [3.8, 4) is 0 Å². The molecule has 0 aromatic heterocycles. The molecule has 24 heteroatoms. The summed E-state index contributed by atoms with van der Waals surface area (Å²) in [4.78, 5) is 179.